The van der Waals surface area contributed by atoms with Crippen LogP contribution >= 0.6 is 0 Å². The highest BCUT2D eigenvalue weighted by Gasteiger charge is 2.28. The first-order chi connectivity index (χ1) is 10.8. The number of hydrogen-bond donors (Lipinski definition) is 2. The maximum atomic E-state index is 10.9. The molecule has 2 aromatic rings. The molecule has 2 N–H and O–H groups in total. The highest BCUT2D eigenvalue weighted by atomic mass is 16.5. The number of rotatable bonds is 5. The van der Waals surface area contributed by atoms with Gasteiger partial charge in [0.1, 0.15) is 13.1 Å². The van der Waals surface area contributed by atoms with E-state index in [9.17, 15) is 5.11 Å². The Labute approximate surface area is 132 Å². The number of benzene rings is 2. The van der Waals surface area contributed by atoms with Crippen LogP contribution in [0.5, 0.6) is 0 Å². The lowest BCUT2D eigenvalue weighted by atomic mass is 9.88. The molecule has 0 saturated carbocycles. The summed E-state index contributed by atoms with van der Waals surface area (Å²) in [5.41, 5.74) is 2.20. The van der Waals surface area contributed by atoms with Gasteiger partial charge in [0, 0.05) is 0 Å². The number of hydrogen-bond acceptors (Lipinski definition) is 2. The lowest BCUT2D eigenvalue weighted by molar-refractivity contribution is -0.909. The van der Waals surface area contributed by atoms with E-state index in [1.54, 1.807) is 0 Å². The van der Waals surface area contributed by atoms with Crippen molar-refractivity contribution in [1.29, 1.82) is 0 Å². The Kier molecular flexibility index (Phi) is 5.22. The van der Waals surface area contributed by atoms with Crippen LogP contribution in [0.15, 0.2) is 60.7 Å². The van der Waals surface area contributed by atoms with Crippen LogP contribution in [0.2, 0.25) is 0 Å². The zero-order valence-electron chi connectivity index (χ0n) is 12.8. The molecule has 0 unspecified atom stereocenters. The quantitative estimate of drug-likeness (QED) is 0.875. The maximum Gasteiger partial charge on any atom is 0.101 e. The molecule has 1 fully saturated rings. The van der Waals surface area contributed by atoms with Crippen molar-refractivity contribution in [2.24, 2.45) is 0 Å². The second-order valence-corrected chi connectivity index (χ2v) is 5.94. The van der Waals surface area contributed by atoms with E-state index in [2.05, 4.69) is 24.3 Å². The normalized spacial score (nSPS) is 18.8. The molecule has 2 atom stereocenters. The van der Waals surface area contributed by atoms with E-state index in [0.29, 0.717) is 0 Å². The van der Waals surface area contributed by atoms with E-state index in [1.807, 2.05) is 36.4 Å². The minimum Gasteiger partial charge on any atom is -0.388 e. The monoisotopic (exact) mass is 298 g/mol. The predicted octanol–water partition coefficient (Wildman–Crippen LogP) is 1.42. The van der Waals surface area contributed by atoms with Crippen molar-refractivity contribution < 1.29 is 14.7 Å². The number of aliphatic hydroxyl groups is 1. The standard InChI is InChI=1S/C19H23NO2/c21-19(17-9-5-2-6-10-17)18(16-7-3-1-4-8-16)15-20-11-13-22-14-12-20/h1-10,18-19,21H,11-15H2/p+1/t18-,19-/m0/s1. The van der Waals surface area contributed by atoms with Gasteiger partial charge in [0.15, 0.2) is 0 Å². The van der Waals surface area contributed by atoms with Crippen molar-refractivity contribution in [2.45, 2.75) is 12.0 Å². The predicted molar refractivity (Wildman–Crippen MR) is 87.0 cm³/mol. The summed E-state index contributed by atoms with van der Waals surface area (Å²) >= 11 is 0. The fourth-order valence-corrected chi connectivity index (χ4v) is 3.17. The van der Waals surface area contributed by atoms with Gasteiger partial charge in [0.25, 0.3) is 0 Å². The van der Waals surface area contributed by atoms with Crippen LogP contribution in [0.1, 0.15) is 23.1 Å². The Morgan fingerprint density at radius 2 is 1.41 bits per heavy atom. The molecule has 0 bridgehead atoms. The van der Waals surface area contributed by atoms with Crippen LogP contribution in [0.4, 0.5) is 0 Å². The highest BCUT2D eigenvalue weighted by molar-refractivity contribution is 5.26. The van der Waals surface area contributed by atoms with Gasteiger partial charge in [-0.15, -0.1) is 0 Å². The molecule has 3 rings (SSSR count). The van der Waals surface area contributed by atoms with Gasteiger partial charge in [0.2, 0.25) is 0 Å². The molecule has 0 amide bonds. The first kappa shape index (κ1) is 15.2. The molecule has 1 aliphatic rings. The average molecular weight is 298 g/mol. The summed E-state index contributed by atoms with van der Waals surface area (Å²) in [5.74, 6) is 0.108. The minimum atomic E-state index is -0.473. The number of morpholine rings is 1. The van der Waals surface area contributed by atoms with Gasteiger partial charge in [-0.3, -0.25) is 0 Å². The second kappa shape index (κ2) is 7.54. The molecule has 0 spiro atoms. The third-order valence-corrected chi connectivity index (χ3v) is 4.46. The largest absolute Gasteiger partial charge is 0.388 e. The van der Waals surface area contributed by atoms with Crippen LogP contribution in [-0.4, -0.2) is 38.0 Å². The first-order valence-corrected chi connectivity index (χ1v) is 8.04. The Balaban J connectivity index is 1.82. The third kappa shape index (κ3) is 3.74. The fraction of sp³-hybridized carbons (Fsp3) is 0.368. The zero-order valence-corrected chi connectivity index (χ0v) is 12.8. The molecule has 1 heterocycles. The van der Waals surface area contributed by atoms with Gasteiger partial charge in [-0.25, -0.2) is 0 Å². The number of aliphatic hydroxyl groups excluding tert-OH is 1. The number of nitrogens with one attached hydrogen (secondary N) is 1. The van der Waals surface area contributed by atoms with Gasteiger partial charge >= 0.3 is 0 Å². The van der Waals surface area contributed by atoms with Gasteiger partial charge in [-0.05, 0) is 11.1 Å². The molecule has 22 heavy (non-hydrogen) atoms. The summed E-state index contributed by atoms with van der Waals surface area (Å²) in [6.45, 7) is 4.61. The van der Waals surface area contributed by atoms with Crippen LogP contribution in [-0.2, 0) is 4.74 Å². The number of quaternary nitrogens is 1. The minimum absolute atomic E-state index is 0.108. The second-order valence-electron chi connectivity index (χ2n) is 5.94. The molecular formula is C19H24NO2+. The summed E-state index contributed by atoms with van der Waals surface area (Å²) in [6.07, 6.45) is -0.473. The summed E-state index contributed by atoms with van der Waals surface area (Å²) in [4.78, 5) is 1.51. The highest BCUT2D eigenvalue weighted by Crippen LogP contribution is 2.29. The third-order valence-electron chi connectivity index (χ3n) is 4.46. The average Bonchev–Trinajstić information content (AvgIpc) is 2.61. The SMILES string of the molecule is O[C@@H](c1ccccc1)[C@@H](C[NH+]1CCOCC1)c1ccccc1. The van der Waals surface area contributed by atoms with Gasteiger partial charge in [0.05, 0.1) is 31.8 Å². The molecule has 1 saturated heterocycles. The summed E-state index contributed by atoms with van der Waals surface area (Å²) in [7, 11) is 0. The fourth-order valence-electron chi connectivity index (χ4n) is 3.17. The lowest BCUT2D eigenvalue weighted by Gasteiger charge is -2.30. The lowest BCUT2D eigenvalue weighted by Crippen LogP contribution is -3.14. The summed E-state index contributed by atoms with van der Waals surface area (Å²) in [6, 6.07) is 20.4. The van der Waals surface area contributed by atoms with E-state index >= 15 is 0 Å². The first-order valence-electron chi connectivity index (χ1n) is 8.04. The van der Waals surface area contributed by atoms with E-state index < -0.39 is 6.10 Å². The Morgan fingerprint density at radius 3 is 2.00 bits per heavy atom. The zero-order chi connectivity index (χ0) is 15.2. The molecule has 0 aliphatic carbocycles. The summed E-state index contributed by atoms with van der Waals surface area (Å²) in [5, 5.41) is 10.9. The van der Waals surface area contributed by atoms with Gasteiger partial charge < -0.3 is 14.7 Å². The number of ether oxygens (including phenoxy) is 1. The maximum absolute atomic E-state index is 10.9. The molecule has 1 aliphatic heterocycles. The van der Waals surface area contributed by atoms with Crippen molar-refractivity contribution in [2.75, 3.05) is 32.8 Å². The van der Waals surface area contributed by atoms with Crippen LogP contribution in [0.25, 0.3) is 0 Å². The molecule has 0 radical (unpaired) electrons. The Bertz CT molecular complexity index is 552. The van der Waals surface area contributed by atoms with Crippen LogP contribution < -0.4 is 4.90 Å². The summed E-state index contributed by atoms with van der Waals surface area (Å²) < 4.78 is 5.45. The van der Waals surface area contributed by atoms with Crippen molar-refractivity contribution >= 4 is 0 Å². The van der Waals surface area contributed by atoms with E-state index in [0.717, 1.165) is 38.4 Å². The van der Waals surface area contributed by atoms with E-state index in [1.165, 1.54) is 10.5 Å². The van der Waals surface area contributed by atoms with Crippen LogP contribution in [0, 0.1) is 0 Å². The molecule has 2 aromatic carbocycles. The van der Waals surface area contributed by atoms with Gasteiger partial charge in [-0.1, -0.05) is 60.7 Å². The van der Waals surface area contributed by atoms with Crippen molar-refractivity contribution in [3.63, 3.8) is 0 Å². The van der Waals surface area contributed by atoms with Crippen molar-refractivity contribution in [1.82, 2.24) is 0 Å². The van der Waals surface area contributed by atoms with Crippen LogP contribution in [0.3, 0.4) is 0 Å². The molecule has 116 valence electrons. The molecule has 3 nitrogen and oxygen atoms in total. The smallest absolute Gasteiger partial charge is 0.101 e. The molecular weight excluding hydrogens is 274 g/mol. The van der Waals surface area contributed by atoms with E-state index in [4.69, 9.17) is 4.74 Å². The van der Waals surface area contributed by atoms with E-state index in [-0.39, 0.29) is 5.92 Å². The topological polar surface area (TPSA) is 33.9 Å². The molecule has 0 aromatic heterocycles. The van der Waals surface area contributed by atoms with Gasteiger partial charge in [-0.2, -0.15) is 0 Å². The van der Waals surface area contributed by atoms with Crippen molar-refractivity contribution in [3.05, 3.63) is 71.8 Å². The Morgan fingerprint density at radius 1 is 0.864 bits per heavy atom. The Hall–Kier alpha value is -1.68. The van der Waals surface area contributed by atoms with Crippen molar-refractivity contribution in [3.8, 4) is 0 Å². The molecule has 3 heteroatoms.